The van der Waals surface area contributed by atoms with E-state index in [1.165, 1.54) is 22.9 Å². The lowest BCUT2D eigenvalue weighted by molar-refractivity contribution is -0.120. The minimum atomic E-state index is -0.209. The number of imidazole rings is 1. The van der Waals surface area contributed by atoms with E-state index in [1.807, 2.05) is 17.7 Å². The van der Waals surface area contributed by atoms with Gasteiger partial charge in [0, 0.05) is 38.3 Å². The summed E-state index contributed by atoms with van der Waals surface area (Å²) in [5, 5.41) is 3.54. The molecule has 1 aromatic carbocycles. The van der Waals surface area contributed by atoms with Gasteiger partial charge in [0.2, 0.25) is 5.91 Å². The number of thioether (sulfide) groups is 1. The molecule has 0 aliphatic heterocycles. The molecular weight excluding hydrogens is 322 g/mol. The third-order valence-electron chi connectivity index (χ3n) is 3.57. The van der Waals surface area contributed by atoms with Crippen LogP contribution >= 0.6 is 11.8 Å². The van der Waals surface area contributed by atoms with Crippen LogP contribution in [-0.2, 0) is 9.53 Å². The summed E-state index contributed by atoms with van der Waals surface area (Å²) >= 11 is 1.46. The van der Waals surface area contributed by atoms with Crippen molar-refractivity contribution in [1.29, 1.82) is 0 Å². The summed E-state index contributed by atoms with van der Waals surface area (Å²) < 4.78 is 7.01. The molecule has 0 fully saturated rings. The van der Waals surface area contributed by atoms with Gasteiger partial charge in [-0.15, -0.1) is 0 Å². The predicted molar refractivity (Wildman–Crippen MR) is 97.9 cm³/mol. The maximum Gasteiger partial charge on any atom is 0.233 e. The predicted octanol–water partition coefficient (Wildman–Crippen LogP) is 3.12. The van der Waals surface area contributed by atoms with E-state index in [4.69, 9.17) is 4.74 Å². The first kappa shape index (κ1) is 18.5. The van der Waals surface area contributed by atoms with Gasteiger partial charge >= 0.3 is 0 Å². The summed E-state index contributed by atoms with van der Waals surface area (Å²) in [5.74, 6) is 0.0195. The zero-order valence-corrected chi connectivity index (χ0v) is 15.5. The second-order valence-corrected chi connectivity index (χ2v) is 7.13. The molecule has 5 nitrogen and oxygen atoms in total. The molecule has 0 radical (unpaired) electrons. The summed E-state index contributed by atoms with van der Waals surface area (Å²) in [6.45, 7) is 7.34. The Kier molecular flexibility index (Phi) is 6.87. The number of rotatable bonds is 8. The number of aryl methyl sites for hydroxylation is 2. The zero-order chi connectivity index (χ0) is 17.5. The number of carbonyl (C=O) groups is 1. The summed E-state index contributed by atoms with van der Waals surface area (Å²) in [4.78, 5) is 16.6. The minimum absolute atomic E-state index is 0.0195. The fourth-order valence-corrected chi connectivity index (χ4v) is 3.35. The molecule has 2 aromatic rings. The summed E-state index contributed by atoms with van der Waals surface area (Å²) in [5.41, 5.74) is 3.48. The number of carbonyl (C=O) groups excluding carboxylic acids is 1. The molecule has 1 N–H and O–H groups in total. The molecule has 130 valence electrons. The number of nitrogens with zero attached hydrogens (tertiary/aromatic N) is 2. The van der Waals surface area contributed by atoms with E-state index in [0.717, 1.165) is 17.3 Å². The first-order valence-corrected chi connectivity index (χ1v) is 8.94. The van der Waals surface area contributed by atoms with Gasteiger partial charge in [-0.2, -0.15) is 0 Å². The van der Waals surface area contributed by atoms with E-state index < -0.39 is 0 Å². The Morgan fingerprint density at radius 2 is 2.04 bits per heavy atom. The van der Waals surface area contributed by atoms with Gasteiger partial charge in [-0.25, -0.2) is 4.98 Å². The number of benzene rings is 1. The van der Waals surface area contributed by atoms with Crippen molar-refractivity contribution < 1.29 is 9.53 Å². The lowest BCUT2D eigenvalue weighted by atomic mass is 10.1. The van der Waals surface area contributed by atoms with Crippen LogP contribution in [0.25, 0.3) is 5.69 Å². The fourth-order valence-electron chi connectivity index (χ4n) is 2.45. The van der Waals surface area contributed by atoms with E-state index in [-0.39, 0.29) is 11.2 Å². The average Bonchev–Trinajstić information content (AvgIpc) is 2.98. The Balaban J connectivity index is 2.03. The topological polar surface area (TPSA) is 56.1 Å². The molecule has 6 heteroatoms. The van der Waals surface area contributed by atoms with Crippen LogP contribution in [0.4, 0.5) is 0 Å². The number of amides is 1. The number of hydrogen-bond acceptors (Lipinski definition) is 4. The lowest BCUT2D eigenvalue weighted by Crippen LogP contribution is -2.32. The molecule has 0 aliphatic rings. The number of methoxy groups -OCH3 is 1. The third kappa shape index (κ3) is 5.11. The van der Waals surface area contributed by atoms with Gasteiger partial charge in [0.1, 0.15) is 0 Å². The Morgan fingerprint density at radius 1 is 1.33 bits per heavy atom. The molecule has 0 spiro atoms. The van der Waals surface area contributed by atoms with Gasteiger partial charge in [0.25, 0.3) is 0 Å². The highest BCUT2D eigenvalue weighted by Crippen LogP contribution is 2.25. The normalized spacial score (nSPS) is 12.2. The fraction of sp³-hybridized carbons (Fsp3) is 0.444. The second-order valence-electron chi connectivity index (χ2n) is 5.82. The van der Waals surface area contributed by atoms with Crippen LogP contribution in [0.3, 0.4) is 0 Å². The smallest absolute Gasteiger partial charge is 0.233 e. The Hall–Kier alpha value is -1.79. The van der Waals surface area contributed by atoms with Gasteiger partial charge in [-0.3, -0.25) is 9.36 Å². The maximum atomic E-state index is 12.2. The van der Waals surface area contributed by atoms with Gasteiger partial charge < -0.3 is 10.1 Å². The Bertz CT molecular complexity index is 664. The van der Waals surface area contributed by atoms with E-state index in [1.54, 1.807) is 13.3 Å². The van der Waals surface area contributed by atoms with Gasteiger partial charge in [-0.1, -0.05) is 17.8 Å². The highest BCUT2D eigenvalue weighted by molar-refractivity contribution is 8.00. The van der Waals surface area contributed by atoms with Crippen LogP contribution in [0.15, 0.2) is 35.7 Å². The number of nitrogens with one attached hydrogen (secondary N) is 1. The number of aromatic nitrogens is 2. The van der Waals surface area contributed by atoms with Crippen molar-refractivity contribution in [2.24, 2.45) is 0 Å². The Labute approximate surface area is 147 Å². The lowest BCUT2D eigenvalue weighted by Gasteiger charge is -2.14. The summed E-state index contributed by atoms with van der Waals surface area (Å²) in [6.07, 6.45) is 4.51. The molecule has 1 amide bonds. The molecule has 0 aliphatic carbocycles. The largest absolute Gasteiger partial charge is 0.385 e. The van der Waals surface area contributed by atoms with Crippen LogP contribution < -0.4 is 5.32 Å². The van der Waals surface area contributed by atoms with Gasteiger partial charge in [0.05, 0.1) is 5.25 Å². The highest BCUT2D eigenvalue weighted by Gasteiger charge is 2.17. The zero-order valence-electron chi connectivity index (χ0n) is 14.7. The van der Waals surface area contributed by atoms with Crippen molar-refractivity contribution in [3.8, 4) is 5.69 Å². The van der Waals surface area contributed by atoms with E-state index >= 15 is 0 Å². The van der Waals surface area contributed by atoms with E-state index in [2.05, 4.69) is 42.3 Å². The molecule has 2 rings (SSSR count). The first-order valence-electron chi connectivity index (χ1n) is 8.06. The van der Waals surface area contributed by atoms with Crippen LogP contribution in [-0.4, -0.2) is 41.0 Å². The van der Waals surface area contributed by atoms with Gasteiger partial charge in [-0.05, 0) is 50.5 Å². The van der Waals surface area contributed by atoms with Crippen LogP contribution in [0.5, 0.6) is 0 Å². The average molecular weight is 347 g/mol. The van der Waals surface area contributed by atoms with Crippen LogP contribution in [0.1, 0.15) is 24.5 Å². The molecule has 0 saturated heterocycles. The molecular formula is C18H25N3O2S. The molecule has 24 heavy (non-hydrogen) atoms. The number of hydrogen-bond donors (Lipinski definition) is 1. The molecule has 1 unspecified atom stereocenters. The van der Waals surface area contributed by atoms with E-state index in [0.29, 0.717) is 13.2 Å². The second kappa shape index (κ2) is 8.89. The van der Waals surface area contributed by atoms with Crippen molar-refractivity contribution >= 4 is 17.7 Å². The van der Waals surface area contributed by atoms with Crippen molar-refractivity contribution in [3.05, 3.63) is 41.7 Å². The Morgan fingerprint density at radius 3 is 2.71 bits per heavy atom. The molecule has 1 heterocycles. The maximum absolute atomic E-state index is 12.2. The molecule has 1 atom stereocenters. The first-order chi connectivity index (χ1) is 11.5. The van der Waals surface area contributed by atoms with Crippen LogP contribution in [0, 0.1) is 13.8 Å². The standard InChI is InChI=1S/C18H25N3O2S/c1-13-10-14(2)12-16(11-13)21-8-7-20-18(21)24-15(3)17(22)19-6-5-9-23-4/h7-8,10-12,15H,5-6,9H2,1-4H3,(H,19,22). The summed E-state index contributed by atoms with van der Waals surface area (Å²) in [7, 11) is 1.66. The number of ether oxygens (including phenoxy) is 1. The van der Waals surface area contributed by atoms with E-state index in [9.17, 15) is 4.79 Å². The van der Waals surface area contributed by atoms with Crippen LogP contribution in [0.2, 0.25) is 0 Å². The minimum Gasteiger partial charge on any atom is -0.385 e. The SMILES string of the molecule is COCCCNC(=O)C(C)Sc1nccn1-c1cc(C)cc(C)c1. The molecule has 0 bridgehead atoms. The monoisotopic (exact) mass is 347 g/mol. The molecule has 0 saturated carbocycles. The third-order valence-corrected chi connectivity index (χ3v) is 4.65. The van der Waals surface area contributed by atoms with Gasteiger partial charge in [0.15, 0.2) is 5.16 Å². The van der Waals surface area contributed by atoms with Crippen molar-refractivity contribution in [2.75, 3.05) is 20.3 Å². The van der Waals surface area contributed by atoms with Crippen molar-refractivity contribution in [1.82, 2.24) is 14.9 Å². The van der Waals surface area contributed by atoms with Crippen molar-refractivity contribution in [3.63, 3.8) is 0 Å². The summed E-state index contributed by atoms with van der Waals surface area (Å²) in [6, 6.07) is 6.38. The molecule has 1 aromatic heterocycles. The quantitative estimate of drug-likeness (QED) is 0.589. The van der Waals surface area contributed by atoms with Crippen molar-refractivity contribution in [2.45, 2.75) is 37.6 Å². The highest BCUT2D eigenvalue weighted by atomic mass is 32.2.